The fourth-order valence-corrected chi connectivity index (χ4v) is 2.51. The number of ether oxygens (including phenoxy) is 1. The van der Waals surface area contributed by atoms with Gasteiger partial charge in [0.15, 0.2) is 6.61 Å². The van der Waals surface area contributed by atoms with Gasteiger partial charge in [-0.05, 0) is 35.9 Å². The second-order valence-corrected chi connectivity index (χ2v) is 6.32. The fourth-order valence-electron chi connectivity index (χ4n) is 2.38. The zero-order valence-electron chi connectivity index (χ0n) is 15.1. The molecular formula is C23H19ClN2O2. The van der Waals surface area contributed by atoms with E-state index >= 15 is 0 Å². The Kier molecular flexibility index (Phi) is 6.99. The van der Waals surface area contributed by atoms with E-state index in [4.69, 9.17) is 16.3 Å². The predicted molar refractivity (Wildman–Crippen MR) is 114 cm³/mol. The van der Waals surface area contributed by atoms with Crippen LogP contribution in [-0.2, 0) is 4.79 Å². The minimum absolute atomic E-state index is 0.143. The smallest absolute Gasteiger partial charge is 0.277 e. The first-order valence-corrected chi connectivity index (χ1v) is 9.12. The quantitative estimate of drug-likeness (QED) is 0.458. The lowest BCUT2D eigenvalue weighted by molar-refractivity contribution is -0.123. The lowest BCUT2D eigenvalue weighted by atomic mass is 10.1. The average molecular weight is 391 g/mol. The first-order chi connectivity index (χ1) is 13.7. The molecule has 5 heteroatoms. The Labute approximate surface area is 169 Å². The maximum Gasteiger partial charge on any atom is 0.277 e. The maximum atomic E-state index is 12.1. The molecule has 0 bridgehead atoms. The second kappa shape index (κ2) is 10.1. The van der Waals surface area contributed by atoms with Crippen molar-refractivity contribution in [2.24, 2.45) is 5.10 Å². The van der Waals surface area contributed by atoms with Gasteiger partial charge in [-0.2, -0.15) is 5.10 Å². The summed E-state index contributed by atoms with van der Waals surface area (Å²) in [6, 6.07) is 26.4. The molecule has 3 rings (SSSR count). The molecular weight excluding hydrogens is 372 g/mol. The fraction of sp³-hybridized carbons (Fsp3) is 0.0435. The number of hydrogen-bond acceptors (Lipinski definition) is 3. The van der Waals surface area contributed by atoms with Crippen molar-refractivity contribution in [3.05, 3.63) is 107 Å². The van der Waals surface area contributed by atoms with Gasteiger partial charge in [0, 0.05) is 10.6 Å². The molecule has 0 atom stereocenters. The Morgan fingerprint density at radius 2 is 1.57 bits per heavy atom. The zero-order chi connectivity index (χ0) is 19.6. The van der Waals surface area contributed by atoms with E-state index in [0.29, 0.717) is 16.5 Å². The highest BCUT2D eigenvalue weighted by Gasteiger charge is 2.04. The number of rotatable bonds is 7. The monoisotopic (exact) mass is 390 g/mol. The summed E-state index contributed by atoms with van der Waals surface area (Å²) in [6.07, 6.45) is 3.81. The highest BCUT2D eigenvalue weighted by Crippen LogP contribution is 2.15. The molecule has 0 saturated heterocycles. The minimum Gasteiger partial charge on any atom is -0.484 e. The summed E-state index contributed by atoms with van der Waals surface area (Å²) in [5.74, 6) is 0.215. The minimum atomic E-state index is -0.350. The lowest BCUT2D eigenvalue weighted by Gasteiger charge is -2.06. The Morgan fingerprint density at radius 3 is 2.25 bits per heavy atom. The van der Waals surface area contributed by atoms with Crippen molar-refractivity contribution in [1.82, 2.24) is 5.43 Å². The molecule has 140 valence electrons. The number of nitrogens with one attached hydrogen (secondary N) is 1. The largest absolute Gasteiger partial charge is 0.484 e. The van der Waals surface area contributed by atoms with Crippen molar-refractivity contribution in [2.75, 3.05) is 6.61 Å². The number of amides is 1. The van der Waals surface area contributed by atoms with E-state index < -0.39 is 0 Å². The van der Waals surface area contributed by atoms with Crippen LogP contribution in [0, 0.1) is 0 Å². The van der Waals surface area contributed by atoms with Crippen molar-refractivity contribution in [3.63, 3.8) is 0 Å². The van der Waals surface area contributed by atoms with Crippen LogP contribution in [0.3, 0.4) is 0 Å². The van der Waals surface area contributed by atoms with Crippen molar-refractivity contribution in [3.8, 4) is 5.75 Å². The third kappa shape index (κ3) is 6.11. The SMILES string of the molecule is O=C(COc1ccc(Cl)cc1)N/N=C(/C=C\c1ccccc1)c1ccccc1. The molecule has 1 amide bonds. The molecule has 0 saturated carbocycles. The third-order valence-electron chi connectivity index (χ3n) is 3.79. The van der Waals surface area contributed by atoms with E-state index in [1.54, 1.807) is 24.3 Å². The van der Waals surface area contributed by atoms with Crippen LogP contribution in [0.1, 0.15) is 11.1 Å². The molecule has 0 radical (unpaired) electrons. The number of carbonyl (C=O) groups is 1. The maximum absolute atomic E-state index is 12.1. The number of halogens is 1. The van der Waals surface area contributed by atoms with Crippen LogP contribution in [0.5, 0.6) is 5.75 Å². The lowest BCUT2D eigenvalue weighted by Crippen LogP contribution is -2.25. The van der Waals surface area contributed by atoms with Gasteiger partial charge in [-0.25, -0.2) is 5.43 Å². The molecule has 0 aliphatic rings. The van der Waals surface area contributed by atoms with E-state index in [0.717, 1.165) is 11.1 Å². The van der Waals surface area contributed by atoms with Gasteiger partial charge in [0.25, 0.3) is 5.91 Å². The van der Waals surface area contributed by atoms with Crippen LogP contribution in [-0.4, -0.2) is 18.2 Å². The van der Waals surface area contributed by atoms with Crippen LogP contribution in [0.4, 0.5) is 0 Å². The summed E-state index contributed by atoms with van der Waals surface area (Å²) in [7, 11) is 0. The number of allylic oxidation sites excluding steroid dienone is 1. The summed E-state index contributed by atoms with van der Waals surface area (Å²) < 4.78 is 5.43. The van der Waals surface area contributed by atoms with Crippen LogP contribution in [0.25, 0.3) is 6.08 Å². The first-order valence-electron chi connectivity index (χ1n) is 8.74. The van der Waals surface area contributed by atoms with Gasteiger partial charge in [-0.1, -0.05) is 78.3 Å². The van der Waals surface area contributed by atoms with Gasteiger partial charge in [-0.15, -0.1) is 0 Å². The Balaban J connectivity index is 1.67. The van der Waals surface area contributed by atoms with Crippen LogP contribution < -0.4 is 10.2 Å². The van der Waals surface area contributed by atoms with Crippen LogP contribution in [0.2, 0.25) is 5.02 Å². The van der Waals surface area contributed by atoms with Crippen molar-refractivity contribution >= 4 is 29.3 Å². The van der Waals surface area contributed by atoms with Crippen LogP contribution in [0.15, 0.2) is 96.1 Å². The van der Waals surface area contributed by atoms with E-state index in [1.807, 2.05) is 72.8 Å². The van der Waals surface area contributed by atoms with E-state index in [1.165, 1.54) is 0 Å². The Morgan fingerprint density at radius 1 is 0.929 bits per heavy atom. The highest BCUT2D eigenvalue weighted by atomic mass is 35.5. The van der Waals surface area contributed by atoms with E-state index in [9.17, 15) is 4.79 Å². The molecule has 28 heavy (non-hydrogen) atoms. The molecule has 0 heterocycles. The number of nitrogens with zero attached hydrogens (tertiary/aromatic N) is 1. The van der Waals surface area contributed by atoms with Gasteiger partial charge < -0.3 is 4.74 Å². The summed E-state index contributed by atoms with van der Waals surface area (Å²) in [5.41, 5.74) is 5.13. The summed E-state index contributed by atoms with van der Waals surface area (Å²) in [6.45, 7) is -0.143. The normalized spacial score (nSPS) is 11.4. The summed E-state index contributed by atoms with van der Waals surface area (Å²) in [4.78, 5) is 12.1. The molecule has 3 aromatic rings. The highest BCUT2D eigenvalue weighted by molar-refractivity contribution is 6.30. The third-order valence-corrected chi connectivity index (χ3v) is 4.04. The van der Waals surface area contributed by atoms with Gasteiger partial charge >= 0.3 is 0 Å². The van der Waals surface area contributed by atoms with Gasteiger partial charge in [-0.3, -0.25) is 4.79 Å². The summed E-state index contributed by atoms with van der Waals surface area (Å²) >= 11 is 5.83. The van der Waals surface area contributed by atoms with Crippen molar-refractivity contribution < 1.29 is 9.53 Å². The molecule has 0 aliphatic carbocycles. The molecule has 0 aliphatic heterocycles. The molecule has 1 N–H and O–H groups in total. The van der Waals surface area contributed by atoms with Crippen molar-refractivity contribution in [2.45, 2.75) is 0 Å². The van der Waals surface area contributed by atoms with E-state index in [-0.39, 0.29) is 12.5 Å². The number of hydrazone groups is 1. The van der Waals surface area contributed by atoms with E-state index in [2.05, 4.69) is 10.5 Å². The standard InChI is InChI=1S/C23H19ClN2O2/c24-20-12-14-21(15-13-20)28-17-23(27)26-25-22(19-9-5-2-6-10-19)16-11-18-7-3-1-4-8-18/h1-16H,17H2,(H,26,27)/b16-11-,25-22-. The summed E-state index contributed by atoms with van der Waals surface area (Å²) in [5, 5.41) is 4.87. The number of hydrogen-bond donors (Lipinski definition) is 1. The number of benzene rings is 3. The predicted octanol–water partition coefficient (Wildman–Crippen LogP) is 4.95. The van der Waals surface area contributed by atoms with Gasteiger partial charge in [0.1, 0.15) is 5.75 Å². The Hall–Kier alpha value is -3.37. The molecule has 0 unspecified atom stereocenters. The molecule has 0 aromatic heterocycles. The first kappa shape index (κ1) is 19.4. The number of carbonyl (C=O) groups excluding carboxylic acids is 1. The molecule has 4 nitrogen and oxygen atoms in total. The Bertz CT molecular complexity index is 953. The van der Waals surface area contributed by atoms with Crippen LogP contribution >= 0.6 is 11.6 Å². The average Bonchev–Trinajstić information content (AvgIpc) is 2.75. The molecule has 0 fully saturated rings. The van der Waals surface area contributed by atoms with Gasteiger partial charge in [0.05, 0.1) is 5.71 Å². The topological polar surface area (TPSA) is 50.7 Å². The zero-order valence-corrected chi connectivity index (χ0v) is 15.8. The molecule has 0 spiro atoms. The second-order valence-electron chi connectivity index (χ2n) is 5.88. The van der Waals surface area contributed by atoms with Gasteiger partial charge in [0.2, 0.25) is 0 Å². The van der Waals surface area contributed by atoms with Crippen molar-refractivity contribution in [1.29, 1.82) is 0 Å². The molecule has 3 aromatic carbocycles.